The topological polar surface area (TPSA) is 46.9 Å². The Morgan fingerprint density at radius 3 is 2.86 bits per heavy atom. The Hall–Kier alpha value is -2.69. The van der Waals surface area contributed by atoms with Crippen LogP contribution in [0.4, 0.5) is 10.1 Å². The smallest absolute Gasteiger partial charge is 0.274 e. The van der Waals surface area contributed by atoms with Crippen molar-refractivity contribution in [3.63, 3.8) is 0 Å². The first-order valence-corrected chi connectivity index (χ1v) is 6.68. The Morgan fingerprint density at radius 1 is 1.14 bits per heavy atom. The number of hydrogen-bond donors (Lipinski definition) is 1. The monoisotopic (exact) mass is 283 g/mol. The number of fused-ring (bicyclic) bond motifs is 1. The molecule has 1 N–H and O–H groups in total. The van der Waals surface area contributed by atoms with E-state index in [2.05, 4.69) is 10.4 Å². The molecule has 21 heavy (non-hydrogen) atoms. The molecular weight excluding hydrogens is 269 g/mol. The SMILES string of the molecule is O=c1c2ccccc2cnn1CCNc1cccc(F)c1. The summed E-state index contributed by atoms with van der Waals surface area (Å²) in [7, 11) is 0. The summed E-state index contributed by atoms with van der Waals surface area (Å²) in [6, 6.07) is 13.6. The van der Waals surface area contributed by atoms with E-state index in [4.69, 9.17) is 0 Å². The van der Waals surface area contributed by atoms with Gasteiger partial charge in [-0.2, -0.15) is 5.10 Å². The molecule has 0 atom stereocenters. The van der Waals surface area contributed by atoms with Gasteiger partial charge in [0.25, 0.3) is 5.56 Å². The van der Waals surface area contributed by atoms with Gasteiger partial charge >= 0.3 is 0 Å². The van der Waals surface area contributed by atoms with E-state index in [0.29, 0.717) is 24.2 Å². The van der Waals surface area contributed by atoms with Crippen LogP contribution in [0.2, 0.25) is 0 Å². The zero-order valence-corrected chi connectivity index (χ0v) is 11.3. The van der Waals surface area contributed by atoms with E-state index in [1.54, 1.807) is 24.4 Å². The van der Waals surface area contributed by atoms with E-state index >= 15 is 0 Å². The van der Waals surface area contributed by atoms with Crippen LogP contribution in [0.5, 0.6) is 0 Å². The van der Waals surface area contributed by atoms with E-state index < -0.39 is 0 Å². The fraction of sp³-hybridized carbons (Fsp3) is 0.125. The molecular formula is C16H14FN3O. The molecule has 0 saturated heterocycles. The molecule has 0 spiro atoms. The lowest BCUT2D eigenvalue weighted by atomic mass is 10.2. The number of nitrogens with zero attached hydrogens (tertiary/aromatic N) is 2. The maximum atomic E-state index is 13.0. The van der Waals surface area contributed by atoms with Gasteiger partial charge in [-0.05, 0) is 24.3 Å². The van der Waals surface area contributed by atoms with Crippen LogP contribution in [0, 0.1) is 5.82 Å². The van der Waals surface area contributed by atoms with Crippen LogP contribution < -0.4 is 10.9 Å². The number of anilines is 1. The van der Waals surface area contributed by atoms with Crippen molar-refractivity contribution in [2.24, 2.45) is 0 Å². The quantitative estimate of drug-likeness (QED) is 0.800. The summed E-state index contributed by atoms with van der Waals surface area (Å²) in [5.74, 6) is -0.291. The van der Waals surface area contributed by atoms with Crippen molar-refractivity contribution in [3.8, 4) is 0 Å². The molecule has 3 rings (SSSR count). The minimum absolute atomic E-state index is 0.117. The van der Waals surface area contributed by atoms with Crippen LogP contribution in [-0.2, 0) is 6.54 Å². The maximum Gasteiger partial charge on any atom is 0.274 e. The summed E-state index contributed by atoms with van der Waals surface area (Å²) in [5.41, 5.74) is 0.568. The Bertz CT molecular complexity index is 829. The number of aromatic nitrogens is 2. The minimum atomic E-state index is -0.291. The number of benzene rings is 2. The normalized spacial score (nSPS) is 10.7. The zero-order chi connectivity index (χ0) is 14.7. The second kappa shape index (κ2) is 5.75. The van der Waals surface area contributed by atoms with Crippen molar-refractivity contribution in [2.75, 3.05) is 11.9 Å². The van der Waals surface area contributed by atoms with Gasteiger partial charge in [0, 0.05) is 17.6 Å². The van der Waals surface area contributed by atoms with Gasteiger partial charge in [-0.25, -0.2) is 9.07 Å². The molecule has 0 saturated carbocycles. The van der Waals surface area contributed by atoms with Gasteiger partial charge in [0.05, 0.1) is 18.1 Å². The summed E-state index contributed by atoms with van der Waals surface area (Å²) in [5, 5.41) is 8.70. The lowest BCUT2D eigenvalue weighted by Crippen LogP contribution is -2.26. The first kappa shape index (κ1) is 13.3. The third kappa shape index (κ3) is 2.91. The highest BCUT2D eigenvalue weighted by Gasteiger charge is 2.03. The standard InChI is InChI=1S/C16H14FN3O/c17-13-5-3-6-14(10-13)18-8-9-20-16(21)15-7-2-1-4-12(15)11-19-20/h1-7,10-11,18H,8-9H2. The number of hydrogen-bond acceptors (Lipinski definition) is 3. The molecule has 0 bridgehead atoms. The van der Waals surface area contributed by atoms with Gasteiger partial charge in [0.1, 0.15) is 5.82 Å². The van der Waals surface area contributed by atoms with E-state index in [9.17, 15) is 9.18 Å². The number of halogens is 1. The Kier molecular flexibility index (Phi) is 3.64. The largest absolute Gasteiger partial charge is 0.383 e. The molecule has 0 aliphatic carbocycles. The average molecular weight is 283 g/mol. The molecule has 4 nitrogen and oxygen atoms in total. The van der Waals surface area contributed by atoms with Crippen LogP contribution in [0.15, 0.2) is 59.5 Å². The second-order valence-electron chi connectivity index (χ2n) is 4.70. The predicted octanol–water partition coefficient (Wildman–Crippen LogP) is 2.65. The minimum Gasteiger partial charge on any atom is -0.383 e. The molecule has 0 radical (unpaired) electrons. The Labute approximate surface area is 120 Å². The Morgan fingerprint density at radius 2 is 2.00 bits per heavy atom. The van der Waals surface area contributed by atoms with Gasteiger partial charge in [-0.3, -0.25) is 4.79 Å². The van der Waals surface area contributed by atoms with Gasteiger partial charge in [0.2, 0.25) is 0 Å². The third-order valence-corrected chi connectivity index (χ3v) is 3.24. The van der Waals surface area contributed by atoms with E-state index in [1.807, 2.05) is 18.2 Å². The maximum absolute atomic E-state index is 13.0. The summed E-state index contributed by atoms with van der Waals surface area (Å²) in [6.07, 6.45) is 1.68. The van der Waals surface area contributed by atoms with Crippen LogP contribution in [0.3, 0.4) is 0 Å². The summed E-state index contributed by atoms with van der Waals surface area (Å²) in [6.45, 7) is 0.912. The zero-order valence-electron chi connectivity index (χ0n) is 11.3. The molecule has 1 heterocycles. The first-order chi connectivity index (χ1) is 10.2. The van der Waals surface area contributed by atoms with Gasteiger partial charge < -0.3 is 5.32 Å². The molecule has 0 fully saturated rings. The molecule has 2 aromatic carbocycles. The third-order valence-electron chi connectivity index (χ3n) is 3.24. The summed E-state index contributed by atoms with van der Waals surface area (Å²) < 4.78 is 14.5. The molecule has 0 amide bonds. The van der Waals surface area contributed by atoms with Crippen molar-refractivity contribution in [1.82, 2.24) is 9.78 Å². The van der Waals surface area contributed by atoms with Crippen molar-refractivity contribution in [3.05, 3.63) is 70.9 Å². The molecule has 3 aromatic rings. The van der Waals surface area contributed by atoms with Crippen LogP contribution in [-0.4, -0.2) is 16.3 Å². The van der Waals surface area contributed by atoms with Crippen molar-refractivity contribution in [1.29, 1.82) is 0 Å². The predicted molar refractivity (Wildman–Crippen MR) is 80.9 cm³/mol. The second-order valence-corrected chi connectivity index (χ2v) is 4.70. The van der Waals surface area contributed by atoms with Crippen LogP contribution in [0.25, 0.3) is 10.8 Å². The van der Waals surface area contributed by atoms with E-state index in [-0.39, 0.29) is 11.4 Å². The van der Waals surface area contributed by atoms with Crippen molar-refractivity contribution >= 4 is 16.5 Å². The van der Waals surface area contributed by atoms with Crippen molar-refractivity contribution < 1.29 is 4.39 Å². The number of nitrogens with one attached hydrogen (secondary N) is 1. The van der Waals surface area contributed by atoms with E-state index in [0.717, 1.165) is 5.39 Å². The molecule has 106 valence electrons. The van der Waals surface area contributed by atoms with Crippen LogP contribution >= 0.6 is 0 Å². The molecule has 1 aromatic heterocycles. The van der Waals surface area contributed by atoms with Crippen molar-refractivity contribution in [2.45, 2.75) is 6.54 Å². The fourth-order valence-electron chi connectivity index (χ4n) is 2.19. The summed E-state index contributed by atoms with van der Waals surface area (Å²) in [4.78, 5) is 12.2. The van der Waals surface area contributed by atoms with E-state index in [1.165, 1.54) is 16.8 Å². The lowest BCUT2D eigenvalue weighted by Gasteiger charge is -2.08. The molecule has 0 unspecified atom stereocenters. The van der Waals surface area contributed by atoms with Gasteiger partial charge in [-0.1, -0.05) is 24.3 Å². The highest BCUT2D eigenvalue weighted by Crippen LogP contribution is 2.09. The lowest BCUT2D eigenvalue weighted by molar-refractivity contribution is 0.603. The molecule has 0 aliphatic heterocycles. The molecule has 5 heteroatoms. The van der Waals surface area contributed by atoms with Gasteiger partial charge in [0.15, 0.2) is 0 Å². The number of rotatable bonds is 4. The highest BCUT2D eigenvalue weighted by atomic mass is 19.1. The summed E-state index contributed by atoms with van der Waals surface area (Å²) >= 11 is 0. The van der Waals surface area contributed by atoms with Gasteiger partial charge in [-0.15, -0.1) is 0 Å². The van der Waals surface area contributed by atoms with Crippen LogP contribution in [0.1, 0.15) is 0 Å². The molecule has 0 aliphatic rings. The average Bonchev–Trinajstić information content (AvgIpc) is 2.50. The highest BCUT2D eigenvalue weighted by molar-refractivity contribution is 5.80. The first-order valence-electron chi connectivity index (χ1n) is 6.68. The fourth-order valence-corrected chi connectivity index (χ4v) is 2.19. The Balaban J connectivity index is 1.74.